The van der Waals surface area contributed by atoms with Gasteiger partial charge in [0, 0.05) is 11.3 Å². The van der Waals surface area contributed by atoms with Crippen LogP contribution in [0.3, 0.4) is 0 Å². The summed E-state index contributed by atoms with van der Waals surface area (Å²) in [5, 5.41) is 6.02. The van der Waals surface area contributed by atoms with Gasteiger partial charge in [0.2, 0.25) is 5.91 Å². The maximum Gasteiger partial charge on any atom is 0.224 e. The van der Waals surface area contributed by atoms with E-state index in [0.717, 1.165) is 17.1 Å². The van der Waals surface area contributed by atoms with E-state index in [1.165, 1.54) is 5.56 Å². The van der Waals surface area contributed by atoms with Crippen molar-refractivity contribution >= 4 is 17.2 Å². The molecular weight excluding hydrogens is 256 g/mol. The summed E-state index contributed by atoms with van der Waals surface area (Å²) >= 11 is 1.62. The average molecular weight is 272 g/mol. The molecule has 0 aliphatic heterocycles. The molecule has 1 amide bonds. The highest BCUT2D eigenvalue weighted by atomic mass is 32.1. The standard InChI is InChI=1S/C15H16N2OS/c1-10-17-12(9-19-10)8-16-15(18)14-7-13(14)11-5-3-2-4-6-11/h2-6,9,13-14H,7-8H2,1H3,(H,16,18)/t13-,14+/m1/s1. The normalized spacial score (nSPS) is 21.1. The number of aryl methyl sites for hydroxylation is 1. The Morgan fingerprint density at radius 1 is 1.42 bits per heavy atom. The van der Waals surface area contributed by atoms with Crippen LogP contribution in [0.25, 0.3) is 0 Å². The fourth-order valence-electron chi connectivity index (χ4n) is 2.35. The van der Waals surface area contributed by atoms with Crippen molar-refractivity contribution < 1.29 is 4.79 Å². The van der Waals surface area contributed by atoms with Gasteiger partial charge in [-0.3, -0.25) is 4.79 Å². The van der Waals surface area contributed by atoms with Gasteiger partial charge in [0.25, 0.3) is 0 Å². The molecule has 0 bridgehead atoms. The molecule has 2 aromatic rings. The van der Waals surface area contributed by atoms with Crippen LogP contribution in [0, 0.1) is 12.8 Å². The van der Waals surface area contributed by atoms with E-state index in [9.17, 15) is 4.79 Å². The first-order valence-electron chi connectivity index (χ1n) is 6.47. The summed E-state index contributed by atoms with van der Waals surface area (Å²) in [5.74, 6) is 0.694. The molecule has 1 N–H and O–H groups in total. The summed E-state index contributed by atoms with van der Waals surface area (Å²) in [6, 6.07) is 10.3. The van der Waals surface area contributed by atoms with Crippen LogP contribution < -0.4 is 5.32 Å². The highest BCUT2D eigenvalue weighted by molar-refractivity contribution is 7.09. The molecule has 1 fully saturated rings. The fourth-order valence-corrected chi connectivity index (χ4v) is 2.96. The van der Waals surface area contributed by atoms with Crippen LogP contribution in [0.2, 0.25) is 0 Å². The van der Waals surface area contributed by atoms with Crippen molar-refractivity contribution in [3.63, 3.8) is 0 Å². The fraction of sp³-hybridized carbons (Fsp3) is 0.333. The Kier molecular flexibility index (Phi) is 3.34. The lowest BCUT2D eigenvalue weighted by molar-refractivity contribution is -0.122. The zero-order valence-corrected chi connectivity index (χ0v) is 11.6. The van der Waals surface area contributed by atoms with Gasteiger partial charge in [0.15, 0.2) is 0 Å². The Bertz CT molecular complexity index is 579. The number of carbonyl (C=O) groups excluding carboxylic acids is 1. The smallest absolute Gasteiger partial charge is 0.224 e. The van der Waals surface area contributed by atoms with Crippen molar-refractivity contribution in [3.8, 4) is 0 Å². The largest absolute Gasteiger partial charge is 0.350 e. The number of nitrogens with zero attached hydrogens (tertiary/aromatic N) is 1. The second kappa shape index (κ2) is 5.13. The first-order chi connectivity index (χ1) is 9.24. The number of aromatic nitrogens is 1. The topological polar surface area (TPSA) is 42.0 Å². The molecule has 0 spiro atoms. The van der Waals surface area contributed by atoms with Crippen LogP contribution in [0.1, 0.15) is 28.6 Å². The van der Waals surface area contributed by atoms with Crippen LogP contribution in [-0.4, -0.2) is 10.9 Å². The molecule has 0 saturated heterocycles. The molecule has 1 saturated carbocycles. The lowest BCUT2D eigenvalue weighted by Crippen LogP contribution is -2.25. The molecule has 2 atom stereocenters. The van der Waals surface area contributed by atoms with Gasteiger partial charge in [-0.15, -0.1) is 11.3 Å². The van der Waals surface area contributed by atoms with Crippen molar-refractivity contribution in [3.05, 3.63) is 52.0 Å². The molecule has 19 heavy (non-hydrogen) atoms. The molecule has 1 heterocycles. The molecular formula is C15H16N2OS. The number of amides is 1. The average Bonchev–Trinajstić information content (AvgIpc) is 3.14. The number of hydrogen-bond donors (Lipinski definition) is 1. The molecule has 4 heteroatoms. The number of benzene rings is 1. The third kappa shape index (κ3) is 2.84. The highest BCUT2D eigenvalue weighted by Crippen LogP contribution is 2.47. The molecule has 1 aromatic heterocycles. The van der Waals surface area contributed by atoms with Crippen LogP contribution >= 0.6 is 11.3 Å². The molecule has 0 radical (unpaired) electrons. The number of nitrogens with one attached hydrogen (secondary N) is 1. The van der Waals surface area contributed by atoms with E-state index in [1.54, 1.807) is 11.3 Å². The molecule has 1 aliphatic carbocycles. The van der Waals surface area contributed by atoms with Crippen LogP contribution in [0.5, 0.6) is 0 Å². The van der Waals surface area contributed by atoms with E-state index in [1.807, 2.05) is 30.5 Å². The van der Waals surface area contributed by atoms with Gasteiger partial charge in [-0.25, -0.2) is 4.98 Å². The van der Waals surface area contributed by atoms with Gasteiger partial charge in [-0.05, 0) is 24.8 Å². The number of rotatable bonds is 4. The predicted octanol–water partition coefficient (Wildman–Crippen LogP) is 2.87. The molecule has 0 unspecified atom stereocenters. The van der Waals surface area contributed by atoms with Crippen molar-refractivity contribution in [2.24, 2.45) is 5.92 Å². The summed E-state index contributed by atoms with van der Waals surface area (Å²) in [4.78, 5) is 16.4. The molecule has 1 aromatic carbocycles. The summed E-state index contributed by atoms with van der Waals surface area (Å²) in [5.41, 5.74) is 2.22. The third-order valence-electron chi connectivity index (χ3n) is 3.47. The number of carbonyl (C=O) groups is 1. The minimum Gasteiger partial charge on any atom is -0.350 e. The van der Waals surface area contributed by atoms with Crippen LogP contribution in [-0.2, 0) is 11.3 Å². The van der Waals surface area contributed by atoms with E-state index in [2.05, 4.69) is 22.4 Å². The quantitative estimate of drug-likeness (QED) is 0.930. The second-order valence-electron chi connectivity index (χ2n) is 4.94. The Balaban J connectivity index is 1.53. The lowest BCUT2D eigenvalue weighted by atomic mass is 10.1. The van der Waals surface area contributed by atoms with Gasteiger partial charge in [0.1, 0.15) is 0 Å². The Morgan fingerprint density at radius 3 is 2.89 bits per heavy atom. The molecule has 98 valence electrons. The van der Waals surface area contributed by atoms with Crippen molar-refractivity contribution in [1.29, 1.82) is 0 Å². The Hall–Kier alpha value is -1.68. The summed E-state index contributed by atoms with van der Waals surface area (Å²) in [7, 11) is 0. The van der Waals surface area contributed by atoms with Crippen LogP contribution in [0.15, 0.2) is 35.7 Å². The number of thiazole rings is 1. The second-order valence-corrected chi connectivity index (χ2v) is 6.00. The first kappa shape index (κ1) is 12.4. The van der Waals surface area contributed by atoms with Gasteiger partial charge >= 0.3 is 0 Å². The lowest BCUT2D eigenvalue weighted by Gasteiger charge is -2.03. The monoisotopic (exact) mass is 272 g/mol. The molecule has 3 rings (SSSR count). The van der Waals surface area contributed by atoms with Gasteiger partial charge in [0.05, 0.1) is 17.2 Å². The van der Waals surface area contributed by atoms with E-state index in [4.69, 9.17) is 0 Å². The Morgan fingerprint density at radius 2 is 2.21 bits per heavy atom. The summed E-state index contributed by atoms with van der Waals surface area (Å²) in [6.07, 6.45) is 0.964. The molecule has 1 aliphatic rings. The zero-order valence-electron chi connectivity index (χ0n) is 10.8. The maximum atomic E-state index is 12.0. The van der Waals surface area contributed by atoms with Crippen molar-refractivity contribution in [2.45, 2.75) is 25.8 Å². The van der Waals surface area contributed by atoms with E-state index < -0.39 is 0 Å². The highest BCUT2D eigenvalue weighted by Gasteiger charge is 2.43. The van der Waals surface area contributed by atoms with E-state index in [-0.39, 0.29) is 11.8 Å². The minimum absolute atomic E-state index is 0.141. The van der Waals surface area contributed by atoms with Crippen molar-refractivity contribution in [2.75, 3.05) is 0 Å². The summed E-state index contributed by atoms with van der Waals surface area (Å²) < 4.78 is 0. The van der Waals surface area contributed by atoms with Gasteiger partial charge in [-0.2, -0.15) is 0 Å². The SMILES string of the molecule is Cc1nc(CNC(=O)[C@H]2C[C@@H]2c2ccccc2)cs1. The zero-order chi connectivity index (χ0) is 13.2. The number of hydrogen-bond acceptors (Lipinski definition) is 3. The molecule has 3 nitrogen and oxygen atoms in total. The van der Waals surface area contributed by atoms with Gasteiger partial charge < -0.3 is 5.32 Å². The predicted molar refractivity (Wildman–Crippen MR) is 76.0 cm³/mol. The third-order valence-corrected chi connectivity index (χ3v) is 4.29. The minimum atomic E-state index is 0.141. The van der Waals surface area contributed by atoms with Crippen molar-refractivity contribution in [1.82, 2.24) is 10.3 Å². The van der Waals surface area contributed by atoms with Crippen LogP contribution in [0.4, 0.5) is 0 Å². The maximum absolute atomic E-state index is 12.0. The van der Waals surface area contributed by atoms with E-state index in [0.29, 0.717) is 12.5 Å². The van der Waals surface area contributed by atoms with E-state index >= 15 is 0 Å². The Labute approximate surface area is 116 Å². The van der Waals surface area contributed by atoms with Gasteiger partial charge in [-0.1, -0.05) is 30.3 Å². The first-order valence-corrected chi connectivity index (χ1v) is 7.35. The summed E-state index contributed by atoms with van der Waals surface area (Å²) in [6.45, 7) is 2.52.